The van der Waals surface area contributed by atoms with E-state index in [4.69, 9.17) is 0 Å². The van der Waals surface area contributed by atoms with Crippen molar-refractivity contribution in [3.63, 3.8) is 0 Å². The van der Waals surface area contributed by atoms with E-state index in [1.54, 1.807) is 0 Å². The topological polar surface area (TPSA) is 9.23 Å². The second kappa shape index (κ2) is 6.08. The lowest BCUT2D eigenvalue weighted by atomic mass is 10.1. The Morgan fingerprint density at radius 2 is 0.857 bits per heavy atom. The van der Waals surface area contributed by atoms with Crippen LogP contribution < -0.4 is 0 Å². The Bertz CT molecular complexity index is 307. The molecule has 1 nitrogen and oxygen atoms in total. The maximum atomic E-state index is 12.9. The fraction of sp³-hybridized carbons (Fsp3) is 1.00. The Kier molecular flexibility index (Phi) is 5.83. The van der Waals surface area contributed by atoms with Crippen LogP contribution in [0.3, 0.4) is 0 Å². The molecule has 0 saturated carbocycles. The van der Waals surface area contributed by atoms with Gasteiger partial charge < -0.3 is 4.74 Å². The summed E-state index contributed by atoms with van der Waals surface area (Å²) in [6.45, 7) is -6.38. The summed E-state index contributed by atoms with van der Waals surface area (Å²) in [6.07, 6.45) is -22.1. The summed E-state index contributed by atoms with van der Waals surface area (Å²) in [4.78, 5) is 0. The van der Waals surface area contributed by atoms with Crippen molar-refractivity contribution in [2.75, 3.05) is 13.3 Å². The third-order valence-electron chi connectivity index (χ3n) is 2.29. The number of halogens is 12. The average molecular weight is 346 g/mol. The molecule has 0 N–H and O–H groups in total. The molecule has 0 aliphatic heterocycles. The van der Waals surface area contributed by atoms with E-state index in [-0.39, 0.29) is 0 Å². The van der Waals surface area contributed by atoms with Gasteiger partial charge in [0.2, 0.25) is 12.7 Å². The van der Waals surface area contributed by atoms with Crippen molar-refractivity contribution in [1.29, 1.82) is 0 Å². The molecule has 0 aromatic carbocycles. The average Bonchev–Trinajstić information content (AvgIpc) is 2.33. The highest BCUT2D eigenvalue weighted by molar-refractivity contribution is 4.94. The molecule has 0 fully saturated rings. The Hall–Kier alpha value is -0.880. The van der Waals surface area contributed by atoms with E-state index >= 15 is 0 Å². The molecule has 13 heteroatoms. The number of hydrogen-bond acceptors (Lipinski definition) is 1. The van der Waals surface area contributed by atoms with E-state index in [0.29, 0.717) is 0 Å². The second-order valence-corrected chi connectivity index (χ2v) is 3.76. The monoisotopic (exact) mass is 346 g/mol. The van der Waals surface area contributed by atoms with E-state index in [2.05, 4.69) is 4.74 Å². The molecule has 21 heavy (non-hydrogen) atoms. The van der Waals surface area contributed by atoms with Crippen molar-refractivity contribution in [3.8, 4) is 0 Å². The van der Waals surface area contributed by atoms with Crippen molar-refractivity contribution in [2.45, 2.75) is 36.4 Å². The predicted octanol–water partition coefficient (Wildman–Crippen LogP) is 4.07. The molecule has 0 aromatic rings. The van der Waals surface area contributed by atoms with Gasteiger partial charge in [-0.3, -0.25) is 0 Å². The summed E-state index contributed by atoms with van der Waals surface area (Å²) in [6, 6.07) is 0. The van der Waals surface area contributed by atoms with Gasteiger partial charge in [-0.05, 0) is 0 Å². The molecule has 128 valence electrons. The first-order valence-corrected chi connectivity index (χ1v) is 4.74. The highest BCUT2D eigenvalue weighted by Crippen LogP contribution is 2.43. The van der Waals surface area contributed by atoms with Crippen LogP contribution in [-0.2, 0) is 4.74 Å². The molecule has 0 aliphatic carbocycles. The van der Waals surface area contributed by atoms with Gasteiger partial charge in [-0.1, -0.05) is 0 Å². The molecule has 4 unspecified atom stereocenters. The van der Waals surface area contributed by atoms with Gasteiger partial charge in [0.05, 0.1) is 0 Å². The van der Waals surface area contributed by atoms with Gasteiger partial charge in [0.25, 0.3) is 11.3 Å². The fourth-order valence-corrected chi connectivity index (χ4v) is 0.851. The molecule has 0 heterocycles. The zero-order valence-electron chi connectivity index (χ0n) is 9.51. The predicted molar refractivity (Wildman–Crippen MR) is 42.6 cm³/mol. The van der Waals surface area contributed by atoms with Gasteiger partial charge in [-0.2, -0.15) is 26.3 Å². The van der Waals surface area contributed by atoms with Crippen molar-refractivity contribution in [2.24, 2.45) is 0 Å². The molecule has 0 saturated heterocycles. The van der Waals surface area contributed by atoms with Crippen LogP contribution in [0.4, 0.5) is 52.7 Å². The zero-order valence-corrected chi connectivity index (χ0v) is 9.51. The quantitative estimate of drug-likeness (QED) is 0.659. The van der Waals surface area contributed by atoms with E-state index in [0.717, 1.165) is 0 Å². The Morgan fingerprint density at radius 3 is 1.00 bits per heavy atom. The van der Waals surface area contributed by atoms with Gasteiger partial charge in [0, 0.05) is 0 Å². The minimum absolute atomic E-state index is 2.61. The van der Waals surface area contributed by atoms with Crippen LogP contribution in [0.1, 0.15) is 0 Å². The molecule has 0 aliphatic rings. The van der Waals surface area contributed by atoms with E-state index < -0.39 is 49.8 Å². The normalized spacial score (nSPS) is 22.3. The maximum Gasteiger partial charge on any atom is 0.430 e. The molecule has 0 bridgehead atoms. The smallest absolute Gasteiger partial charge is 0.307 e. The van der Waals surface area contributed by atoms with Crippen LogP contribution >= 0.6 is 0 Å². The van der Waals surface area contributed by atoms with Crippen molar-refractivity contribution in [3.05, 3.63) is 0 Å². The Balaban J connectivity index is 5.29. The fourth-order valence-electron chi connectivity index (χ4n) is 0.851. The summed E-state index contributed by atoms with van der Waals surface area (Å²) in [5.74, 6) is 0. The van der Waals surface area contributed by atoms with Gasteiger partial charge in [0.15, 0.2) is 0 Å². The molecule has 0 spiro atoms. The van der Waals surface area contributed by atoms with Gasteiger partial charge in [-0.15, -0.1) is 0 Å². The maximum absolute atomic E-state index is 12.9. The number of alkyl halides is 12. The number of rotatable bonds is 6. The first kappa shape index (κ1) is 20.1. The van der Waals surface area contributed by atoms with Crippen LogP contribution in [0, 0.1) is 0 Å². The third-order valence-corrected chi connectivity index (χ3v) is 2.29. The first-order chi connectivity index (χ1) is 9.17. The molecule has 0 radical (unpaired) electrons. The van der Waals surface area contributed by atoms with E-state index in [1.165, 1.54) is 0 Å². The summed E-state index contributed by atoms with van der Waals surface area (Å²) in [7, 11) is 0. The standard InChI is InChI=1S/C8H6F12O/c9-1-5(13,7(15,16)17)3(11)21-4(12)6(14,2-10)8(18,19)20/h3-4H,1-2H2. The van der Waals surface area contributed by atoms with E-state index in [9.17, 15) is 52.7 Å². The summed E-state index contributed by atoms with van der Waals surface area (Å²) >= 11 is 0. The second-order valence-electron chi connectivity index (χ2n) is 3.76. The Morgan fingerprint density at radius 1 is 0.619 bits per heavy atom. The minimum atomic E-state index is -6.34. The highest BCUT2D eigenvalue weighted by Gasteiger charge is 2.68. The van der Waals surface area contributed by atoms with Crippen LogP contribution in [0.2, 0.25) is 0 Å². The lowest BCUT2D eigenvalue weighted by Crippen LogP contribution is -2.57. The SMILES string of the molecule is FCC(F)(C(F)OC(F)C(F)(CF)C(F)(F)F)C(F)(F)F. The highest BCUT2D eigenvalue weighted by atomic mass is 19.4. The molecule has 0 aromatic heterocycles. The minimum Gasteiger partial charge on any atom is -0.307 e. The van der Waals surface area contributed by atoms with Crippen molar-refractivity contribution < 1.29 is 57.4 Å². The summed E-state index contributed by atoms with van der Waals surface area (Å²) in [5, 5.41) is 0. The molecular weight excluding hydrogens is 340 g/mol. The lowest BCUT2D eigenvalue weighted by molar-refractivity contribution is -0.347. The van der Waals surface area contributed by atoms with Crippen LogP contribution in [0.5, 0.6) is 0 Å². The van der Waals surface area contributed by atoms with Gasteiger partial charge in [0.1, 0.15) is 13.3 Å². The van der Waals surface area contributed by atoms with Gasteiger partial charge >= 0.3 is 12.4 Å². The van der Waals surface area contributed by atoms with Crippen molar-refractivity contribution in [1.82, 2.24) is 0 Å². The van der Waals surface area contributed by atoms with Gasteiger partial charge in [-0.25, -0.2) is 26.3 Å². The van der Waals surface area contributed by atoms with Crippen LogP contribution in [0.25, 0.3) is 0 Å². The van der Waals surface area contributed by atoms with Crippen molar-refractivity contribution >= 4 is 0 Å². The summed E-state index contributed by atoms with van der Waals surface area (Å²) < 4.78 is 150. The largest absolute Gasteiger partial charge is 0.430 e. The van der Waals surface area contributed by atoms with Crippen LogP contribution in [0.15, 0.2) is 0 Å². The first-order valence-electron chi connectivity index (χ1n) is 4.74. The summed E-state index contributed by atoms with van der Waals surface area (Å²) in [5.41, 5.74) is -11.1. The number of ether oxygens (including phenoxy) is 1. The molecular formula is C8H6F12O. The zero-order chi connectivity index (χ0) is 17.3. The molecule has 0 rings (SSSR count). The lowest BCUT2D eigenvalue weighted by Gasteiger charge is -2.32. The Labute approximate surface area is 108 Å². The molecule has 4 atom stereocenters. The molecule has 0 amide bonds. The van der Waals surface area contributed by atoms with E-state index in [1.807, 2.05) is 0 Å². The number of hydrogen-bond donors (Lipinski definition) is 0. The third kappa shape index (κ3) is 3.66. The van der Waals surface area contributed by atoms with Crippen LogP contribution in [-0.4, -0.2) is 49.8 Å².